The molecule has 1 aromatic carbocycles. The first-order valence-corrected chi connectivity index (χ1v) is 7.36. The Hall–Kier alpha value is -2.28. The van der Waals surface area contributed by atoms with E-state index in [1.165, 1.54) is 0 Å². The van der Waals surface area contributed by atoms with Crippen molar-refractivity contribution in [2.45, 2.75) is 20.4 Å². The Labute approximate surface area is 124 Å². The molecule has 0 saturated heterocycles. The van der Waals surface area contributed by atoms with Crippen LogP contribution in [0.15, 0.2) is 23.1 Å². The maximum Gasteiger partial charge on any atom is 0.343 e. The standard InChI is InChI=1S/C14H13N3O3S/c1-3-17-7-8(14(19)20-4-2)13(18)11-10(17)6-5-9-12(11)16-21-15-9/h5-7H,3-4H2,1-2H3. The lowest BCUT2D eigenvalue weighted by Crippen LogP contribution is -2.21. The molecule has 0 N–H and O–H groups in total. The van der Waals surface area contributed by atoms with Crippen LogP contribution in [-0.4, -0.2) is 25.9 Å². The summed E-state index contributed by atoms with van der Waals surface area (Å²) < 4.78 is 15.2. The van der Waals surface area contributed by atoms with Crippen molar-refractivity contribution in [3.63, 3.8) is 0 Å². The molecule has 0 unspecified atom stereocenters. The summed E-state index contributed by atoms with van der Waals surface area (Å²) in [6.07, 6.45) is 1.55. The lowest BCUT2D eigenvalue weighted by Gasteiger charge is -2.11. The van der Waals surface area contributed by atoms with Crippen molar-refractivity contribution in [3.05, 3.63) is 34.1 Å². The minimum absolute atomic E-state index is 0.0340. The second-order valence-electron chi connectivity index (χ2n) is 4.47. The van der Waals surface area contributed by atoms with Crippen LogP contribution in [-0.2, 0) is 11.3 Å². The fourth-order valence-corrected chi connectivity index (χ4v) is 2.88. The molecule has 6 nitrogen and oxygen atoms in total. The molecule has 0 aliphatic carbocycles. The molecule has 0 spiro atoms. The van der Waals surface area contributed by atoms with E-state index in [0.29, 0.717) is 23.0 Å². The predicted molar refractivity (Wildman–Crippen MR) is 80.8 cm³/mol. The number of pyridine rings is 1. The molecule has 3 aromatic rings. The zero-order valence-electron chi connectivity index (χ0n) is 11.6. The fourth-order valence-electron chi connectivity index (χ4n) is 2.34. The average molecular weight is 303 g/mol. The van der Waals surface area contributed by atoms with Crippen LogP contribution in [0.5, 0.6) is 0 Å². The molecule has 3 rings (SSSR count). The molecule has 0 saturated carbocycles. The lowest BCUT2D eigenvalue weighted by molar-refractivity contribution is 0.0524. The van der Waals surface area contributed by atoms with E-state index in [-0.39, 0.29) is 17.6 Å². The molecule has 0 atom stereocenters. The minimum Gasteiger partial charge on any atom is -0.462 e. The molecule has 108 valence electrons. The lowest BCUT2D eigenvalue weighted by atomic mass is 10.1. The van der Waals surface area contributed by atoms with Gasteiger partial charge in [0.15, 0.2) is 0 Å². The van der Waals surface area contributed by atoms with Crippen molar-refractivity contribution in [1.82, 2.24) is 13.3 Å². The van der Waals surface area contributed by atoms with Gasteiger partial charge in [-0.1, -0.05) is 0 Å². The van der Waals surface area contributed by atoms with E-state index in [1.54, 1.807) is 13.1 Å². The monoisotopic (exact) mass is 303 g/mol. The van der Waals surface area contributed by atoms with Crippen LogP contribution in [0.25, 0.3) is 21.9 Å². The Morgan fingerprint density at radius 1 is 1.33 bits per heavy atom. The van der Waals surface area contributed by atoms with Crippen LogP contribution in [0.1, 0.15) is 24.2 Å². The first-order valence-electron chi connectivity index (χ1n) is 6.63. The number of rotatable bonds is 3. The summed E-state index contributed by atoms with van der Waals surface area (Å²) in [7, 11) is 0. The summed E-state index contributed by atoms with van der Waals surface area (Å²) in [5.74, 6) is -0.605. The SMILES string of the molecule is CCOC(=O)c1cn(CC)c2ccc3nsnc3c2c1=O. The number of aromatic nitrogens is 3. The Morgan fingerprint density at radius 2 is 2.14 bits per heavy atom. The maximum atomic E-state index is 12.6. The molecule has 2 aromatic heterocycles. The van der Waals surface area contributed by atoms with E-state index in [9.17, 15) is 9.59 Å². The maximum absolute atomic E-state index is 12.6. The third-order valence-electron chi connectivity index (χ3n) is 3.31. The quantitative estimate of drug-likeness (QED) is 0.693. The van der Waals surface area contributed by atoms with Crippen molar-refractivity contribution in [3.8, 4) is 0 Å². The van der Waals surface area contributed by atoms with Crippen molar-refractivity contribution in [2.75, 3.05) is 6.61 Å². The van der Waals surface area contributed by atoms with Crippen LogP contribution in [0, 0.1) is 0 Å². The van der Waals surface area contributed by atoms with E-state index in [0.717, 1.165) is 17.2 Å². The number of aryl methyl sites for hydroxylation is 1. The highest BCUT2D eigenvalue weighted by Gasteiger charge is 2.19. The molecule has 0 fully saturated rings. The molecular weight excluding hydrogens is 290 g/mol. The van der Waals surface area contributed by atoms with Crippen LogP contribution >= 0.6 is 11.7 Å². The summed E-state index contributed by atoms with van der Waals surface area (Å²) in [5, 5.41) is 0.425. The van der Waals surface area contributed by atoms with Gasteiger partial charge in [-0.15, -0.1) is 0 Å². The summed E-state index contributed by atoms with van der Waals surface area (Å²) in [4.78, 5) is 24.6. The Balaban J connectivity index is 2.44. The molecule has 2 heterocycles. The van der Waals surface area contributed by atoms with Gasteiger partial charge in [0.1, 0.15) is 16.6 Å². The Morgan fingerprint density at radius 3 is 2.86 bits per heavy atom. The Bertz CT molecular complexity index is 897. The Kier molecular flexibility index (Phi) is 3.42. The highest BCUT2D eigenvalue weighted by atomic mass is 32.1. The van der Waals surface area contributed by atoms with Gasteiger partial charge in [-0.25, -0.2) is 4.79 Å². The van der Waals surface area contributed by atoms with Gasteiger partial charge < -0.3 is 9.30 Å². The van der Waals surface area contributed by atoms with Gasteiger partial charge in [-0.3, -0.25) is 4.79 Å². The molecule has 0 bridgehead atoms. The van der Waals surface area contributed by atoms with Gasteiger partial charge in [-0.05, 0) is 26.0 Å². The first-order chi connectivity index (χ1) is 10.2. The smallest absolute Gasteiger partial charge is 0.343 e. The number of esters is 1. The largest absolute Gasteiger partial charge is 0.462 e. The van der Waals surface area contributed by atoms with Gasteiger partial charge in [-0.2, -0.15) is 8.75 Å². The first kappa shape index (κ1) is 13.7. The zero-order valence-corrected chi connectivity index (χ0v) is 12.4. The van der Waals surface area contributed by atoms with Crippen LogP contribution < -0.4 is 5.43 Å². The van der Waals surface area contributed by atoms with E-state index >= 15 is 0 Å². The van der Waals surface area contributed by atoms with Crippen LogP contribution in [0.3, 0.4) is 0 Å². The van der Waals surface area contributed by atoms with Gasteiger partial charge >= 0.3 is 5.97 Å². The van der Waals surface area contributed by atoms with Gasteiger partial charge in [0.25, 0.3) is 0 Å². The number of fused-ring (bicyclic) bond motifs is 3. The number of ether oxygens (including phenoxy) is 1. The van der Waals surface area contributed by atoms with E-state index in [4.69, 9.17) is 4.74 Å². The average Bonchev–Trinajstić information content (AvgIpc) is 2.96. The highest BCUT2D eigenvalue weighted by molar-refractivity contribution is 7.00. The van der Waals surface area contributed by atoms with Crippen molar-refractivity contribution in [2.24, 2.45) is 0 Å². The number of carbonyl (C=O) groups excluding carboxylic acids is 1. The predicted octanol–water partition coefficient (Wildman–Crippen LogP) is 2.20. The number of nitrogens with zero attached hydrogens (tertiary/aromatic N) is 3. The second kappa shape index (κ2) is 5.25. The molecule has 0 aliphatic rings. The summed E-state index contributed by atoms with van der Waals surface area (Å²) >= 11 is 1.05. The molecule has 0 radical (unpaired) electrons. The normalized spacial score (nSPS) is 11.1. The second-order valence-corrected chi connectivity index (χ2v) is 5.00. The third kappa shape index (κ3) is 2.09. The van der Waals surface area contributed by atoms with Crippen molar-refractivity contribution < 1.29 is 9.53 Å². The highest BCUT2D eigenvalue weighted by Crippen LogP contribution is 2.22. The van der Waals surface area contributed by atoms with Gasteiger partial charge in [0, 0.05) is 12.7 Å². The van der Waals surface area contributed by atoms with E-state index < -0.39 is 5.97 Å². The van der Waals surface area contributed by atoms with E-state index in [2.05, 4.69) is 8.75 Å². The number of hydrogen-bond acceptors (Lipinski definition) is 6. The van der Waals surface area contributed by atoms with Gasteiger partial charge in [0.2, 0.25) is 5.43 Å². The summed E-state index contributed by atoms with van der Waals surface area (Å²) in [5.41, 5.74) is 1.62. The number of carbonyl (C=O) groups is 1. The minimum atomic E-state index is -0.605. The van der Waals surface area contributed by atoms with Crippen molar-refractivity contribution >= 4 is 39.6 Å². The third-order valence-corrected chi connectivity index (χ3v) is 3.85. The topological polar surface area (TPSA) is 74.1 Å². The molecular formula is C14H13N3O3S. The van der Waals surface area contributed by atoms with Crippen LogP contribution in [0.2, 0.25) is 0 Å². The summed E-state index contributed by atoms with van der Waals surface area (Å²) in [6.45, 7) is 4.51. The van der Waals surface area contributed by atoms with Crippen molar-refractivity contribution in [1.29, 1.82) is 0 Å². The molecule has 0 amide bonds. The van der Waals surface area contributed by atoms with Crippen LogP contribution in [0.4, 0.5) is 0 Å². The zero-order chi connectivity index (χ0) is 15.0. The molecule has 0 aliphatic heterocycles. The molecule has 21 heavy (non-hydrogen) atoms. The number of benzene rings is 1. The van der Waals surface area contributed by atoms with E-state index in [1.807, 2.05) is 23.6 Å². The van der Waals surface area contributed by atoms with Gasteiger partial charge in [0.05, 0.1) is 29.2 Å². The summed E-state index contributed by atoms with van der Waals surface area (Å²) in [6, 6.07) is 3.66. The molecule has 7 heteroatoms. The number of hydrogen-bond donors (Lipinski definition) is 0. The fraction of sp³-hybridized carbons (Fsp3) is 0.286.